The Balaban J connectivity index is 2.14. The lowest BCUT2D eigenvalue weighted by Crippen LogP contribution is -2.20. The molecule has 0 unspecified atom stereocenters. The van der Waals surface area contributed by atoms with Crippen molar-refractivity contribution in [2.24, 2.45) is 0 Å². The molecule has 3 heteroatoms. The van der Waals surface area contributed by atoms with Gasteiger partial charge in [0.2, 0.25) is 0 Å². The van der Waals surface area contributed by atoms with E-state index in [1.165, 1.54) is 37.7 Å². The fourth-order valence-corrected chi connectivity index (χ4v) is 2.71. The molecule has 1 aliphatic rings. The first-order chi connectivity index (χ1) is 5.36. The SMILES string of the molecule is CSOC1CCC(SC)CC1. The van der Waals surface area contributed by atoms with Crippen LogP contribution in [0.4, 0.5) is 0 Å². The van der Waals surface area contributed by atoms with Crippen LogP contribution in [0.15, 0.2) is 0 Å². The van der Waals surface area contributed by atoms with Gasteiger partial charge in [0.1, 0.15) is 0 Å². The molecule has 0 radical (unpaired) electrons. The summed E-state index contributed by atoms with van der Waals surface area (Å²) in [4.78, 5) is 0. The smallest absolute Gasteiger partial charge is 0.0723 e. The van der Waals surface area contributed by atoms with Gasteiger partial charge in [-0.15, -0.1) is 0 Å². The molecule has 0 aromatic carbocycles. The quantitative estimate of drug-likeness (QED) is 0.636. The molecule has 0 atom stereocenters. The van der Waals surface area contributed by atoms with E-state index in [1.54, 1.807) is 0 Å². The highest BCUT2D eigenvalue weighted by Crippen LogP contribution is 2.29. The zero-order chi connectivity index (χ0) is 8.10. The maximum absolute atomic E-state index is 5.48. The summed E-state index contributed by atoms with van der Waals surface area (Å²) in [6.07, 6.45) is 9.94. The van der Waals surface area contributed by atoms with Gasteiger partial charge in [-0.1, -0.05) is 0 Å². The van der Waals surface area contributed by atoms with Crippen LogP contribution in [0, 0.1) is 0 Å². The van der Waals surface area contributed by atoms with Crippen molar-refractivity contribution in [3.05, 3.63) is 0 Å². The molecule has 0 aromatic heterocycles. The third-order valence-electron chi connectivity index (χ3n) is 2.19. The van der Waals surface area contributed by atoms with Crippen molar-refractivity contribution in [3.8, 4) is 0 Å². The maximum atomic E-state index is 5.48. The van der Waals surface area contributed by atoms with E-state index in [0.29, 0.717) is 6.10 Å². The van der Waals surface area contributed by atoms with Gasteiger partial charge in [0.25, 0.3) is 0 Å². The topological polar surface area (TPSA) is 9.23 Å². The Labute approximate surface area is 77.9 Å². The molecule has 0 saturated heterocycles. The van der Waals surface area contributed by atoms with E-state index in [4.69, 9.17) is 4.18 Å². The van der Waals surface area contributed by atoms with Crippen LogP contribution in [0.25, 0.3) is 0 Å². The second kappa shape index (κ2) is 5.33. The Morgan fingerprint density at radius 2 is 1.73 bits per heavy atom. The Morgan fingerprint density at radius 1 is 1.09 bits per heavy atom. The standard InChI is InChI=1S/C8H16OS2/c1-10-8-5-3-7(4-6-8)9-11-2/h7-8H,3-6H2,1-2H3. The molecule has 0 bridgehead atoms. The molecule has 1 saturated carbocycles. The Morgan fingerprint density at radius 3 is 2.18 bits per heavy atom. The first-order valence-electron chi connectivity index (χ1n) is 4.09. The molecule has 1 aliphatic carbocycles. The Hall–Kier alpha value is 0.660. The molecule has 0 amide bonds. The summed E-state index contributed by atoms with van der Waals surface area (Å²) in [7, 11) is 0. The van der Waals surface area contributed by atoms with Gasteiger partial charge in [-0.3, -0.25) is 0 Å². The summed E-state index contributed by atoms with van der Waals surface area (Å²) in [5, 5.41) is 0.900. The van der Waals surface area contributed by atoms with Crippen molar-refractivity contribution in [2.45, 2.75) is 37.0 Å². The fourth-order valence-electron chi connectivity index (χ4n) is 1.50. The molecule has 0 heterocycles. The Kier molecular flexibility index (Phi) is 4.72. The highest BCUT2D eigenvalue weighted by Gasteiger charge is 2.20. The van der Waals surface area contributed by atoms with Gasteiger partial charge in [-0.05, 0) is 44.0 Å². The van der Waals surface area contributed by atoms with Crippen molar-refractivity contribution >= 4 is 23.8 Å². The van der Waals surface area contributed by atoms with E-state index in [9.17, 15) is 0 Å². The van der Waals surface area contributed by atoms with E-state index in [0.717, 1.165) is 5.25 Å². The molecule has 0 aromatic rings. The fraction of sp³-hybridized carbons (Fsp3) is 1.00. The predicted octanol–water partition coefficient (Wildman–Crippen LogP) is 2.96. The number of thioether (sulfide) groups is 1. The maximum Gasteiger partial charge on any atom is 0.0723 e. The average Bonchev–Trinajstić information content (AvgIpc) is 2.07. The Bertz CT molecular complexity index is 100. The van der Waals surface area contributed by atoms with Crippen LogP contribution in [0.2, 0.25) is 0 Å². The summed E-state index contributed by atoms with van der Waals surface area (Å²) in [6, 6.07) is 0. The molecule has 0 N–H and O–H groups in total. The normalized spacial score (nSPS) is 32.2. The zero-order valence-electron chi connectivity index (χ0n) is 7.21. The average molecular weight is 192 g/mol. The molecule has 0 spiro atoms. The van der Waals surface area contributed by atoms with Crippen molar-refractivity contribution in [2.75, 3.05) is 12.5 Å². The minimum absolute atomic E-state index is 0.536. The first kappa shape index (κ1) is 9.75. The summed E-state index contributed by atoms with van der Waals surface area (Å²) in [5.41, 5.74) is 0. The van der Waals surface area contributed by atoms with Gasteiger partial charge < -0.3 is 4.18 Å². The molecule has 1 nitrogen and oxygen atoms in total. The van der Waals surface area contributed by atoms with Crippen LogP contribution in [0.1, 0.15) is 25.7 Å². The predicted molar refractivity (Wildman–Crippen MR) is 54.2 cm³/mol. The number of rotatable bonds is 3. The third-order valence-corrected chi connectivity index (χ3v) is 3.79. The van der Waals surface area contributed by atoms with Gasteiger partial charge in [0, 0.05) is 11.5 Å². The summed E-state index contributed by atoms with van der Waals surface area (Å²) < 4.78 is 5.48. The van der Waals surface area contributed by atoms with Crippen molar-refractivity contribution < 1.29 is 4.18 Å². The van der Waals surface area contributed by atoms with Crippen LogP contribution in [0.5, 0.6) is 0 Å². The lowest BCUT2D eigenvalue weighted by Gasteiger charge is -2.26. The molecular weight excluding hydrogens is 176 g/mol. The largest absolute Gasteiger partial charge is 0.312 e. The van der Waals surface area contributed by atoms with Crippen LogP contribution >= 0.6 is 23.8 Å². The van der Waals surface area contributed by atoms with Gasteiger partial charge in [0.05, 0.1) is 6.10 Å². The van der Waals surface area contributed by atoms with Gasteiger partial charge in [-0.2, -0.15) is 11.8 Å². The number of hydrogen-bond donors (Lipinski definition) is 0. The van der Waals surface area contributed by atoms with Crippen molar-refractivity contribution in [3.63, 3.8) is 0 Å². The lowest BCUT2D eigenvalue weighted by atomic mass is 9.97. The minimum atomic E-state index is 0.536. The zero-order valence-corrected chi connectivity index (χ0v) is 8.84. The van der Waals surface area contributed by atoms with Gasteiger partial charge in [-0.25, -0.2) is 0 Å². The first-order valence-corrected chi connectivity index (χ1v) is 6.53. The second-order valence-corrected chi connectivity index (χ2v) is 4.56. The van der Waals surface area contributed by atoms with E-state index in [-0.39, 0.29) is 0 Å². The van der Waals surface area contributed by atoms with E-state index in [1.807, 2.05) is 18.0 Å². The van der Waals surface area contributed by atoms with Gasteiger partial charge >= 0.3 is 0 Å². The third kappa shape index (κ3) is 3.26. The van der Waals surface area contributed by atoms with E-state index in [2.05, 4.69) is 6.26 Å². The van der Waals surface area contributed by atoms with Crippen LogP contribution in [0.3, 0.4) is 0 Å². The molecule has 0 aliphatic heterocycles. The van der Waals surface area contributed by atoms with Crippen LogP contribution in [-0.4, -0.2) is 23.9 Å². The molecule has 11 heavy (non-hydrogen) atoms. The monoisotopic (exact) mass is 192 g/mol. The van der Waals surface area contributed by atoms with Gasteiger partial charge in [0.15, 0.2) is 0 Å². The molecule has 1 rings (SSSR count). The molecular formula is C8H16OS2. The van der Waals surface area contributed by atoms with E-state index >= 15 is 0 Å². The molecule has 66 valence electrons. The minimum Gasteiger partial charge on any atom is -0.312 e. The summed E-state index contributed by atoms with van der Waals surface area (Å²) >= 11 is 3.51. The second-order valence-electron chi connectivity index (χ2n) is 2.90. The highest BCUT2D eigenvalue weighted by atomic mass is 32.2. The van der Waals surface area contributed by atoms with Crippen molar-refractivity contribution in [1.29, 1.82) is 0 Å². The summed E-state index contributed by atoms with van der Waals surface area (Å²) in [5.74, 6) is 0. The lowest BCUT2D eigenvalue weighted by molar-refractivity contribution is 0.189. The van der Waals surface area contributed by atoms with Crippen LogP contribution in [-0.2, 0) is 4.18 Å². The van der Waals surface area contributed by atoms with Crippen molar-refractivity contribution in [1.82, 2.24) is 0 Å². The van der Waals surface area contributed by atoms with E-state index < -0.39 is 0 Å². The van der Waals surface area contributed by atoms with Crippen LogP contribution < -0.4 is 0 Å². The highest BCUT2D eigenvalue weighted by molar-refractivity contribution is 7.99. The molecule has 1 fully saturated rings. The summed E-state index contributed by atoms with van der Waals surface area (Å²) in [6.45, 7) is 0. The number of hydrogen-bond acceptors (Lipinski definition) is 3.